The molecule has 0 aromatic carbocycles. The summed E-state index contributed by atoms with van der Waals surface area (Å²) in [7, 11) is 0. The maximum atomic E-state index is 5.49. The van der Waals surface area contributed by atoms with Crippen molar-refractivity contribution in [1.29, 1.82) is 0 Å². The summed E-state index contributed by atoms with van der Waals surface area (Å²) in [4.78, 5) is 7.14. The van der Waals surface area contributed by atoms with E-state index in [1.165, 1.54) is 6.42 Å². The van der Waals surface area contributed by atoms with Gasteiger partial charge in [0.25, 0.3) is 0 Å². The van der Waals surface area contributed by atoms with Crippen LogP contribution in [0, 0.1) is 5.41 Å². The quantitative estimate of drug-likeness (QED) is 0.900. The van der Waals surface area contributed by atoms with Gasteiger partial charge >= 0.3 is 0 Å². The minimum absolute atomic E-state index is 0.307. The van der Waals surface area contributed by atoms with E-state index < -0.39 is 0 Å². The number of nitrogens with zero attached hydrogens (tertiary/aromatic N) is 3. The lowest BCUT2D eigenvalue weighted by molar-refractivity contribution is 0.160. The first-order chi connectivity index (χ1) is 9.12. The topological polar surface area (TPSA) is 54.2 Å². The molecule has 2 aliphatic rings. The summed E-state index contributed by atoms with van der Waals surface area (Å²) < 4.78 is 5.49. The summed E-state index contributed by atoms with van der Waals surface area (Å²) in [5.41, 5.74) is 0.348. The van der Waals surface area contributed by atoms with Crippen LogP contribution in [-0.2, 0) is 0 Å². The van der Waals surface area contributed by atoms with Crippen LogP contribution in [0.15, 0.2) is 4.52 Å². The third-order valence-electron chi connectivity index (χ3n) is 4.55. The molecule has 2 unspecified atom stereocenters. The molecule has 1 saturated heterocycles. The lowest BCUT2D eigenvalue weighted by Gasteiger charge is -2.32. The summed E-state index contributed by atoms with van der Waals surface area (Å²) in [6.45, 7) is 11.0. The van der Waals surface area contributed by atoms with E-state index >= 15 is 0 Å². The molecule has 19 heavy (non-hydrogen) atoms. The largest absolute Gasteiger partial charge is 0.339 e. The minimum Gasteiger partial charge on any atom is -0.339 e. The van der Waals surface area contributed by atoms with E-state index in [1.54, 1.807) is 0 Å². The van der Waals surface area contributed by atoms with Crippen LogP contribution in [0.1, 0.15) is 57.3 Å². The first-order valence-corrected chi connectivity index (χ1v) is 7.40. The van der Waals surface area contributed by atoms with Gasteiger partial charge in [0.2, 0.25) is 5.89 Å². The predicted octanol–water partition coefficient (Wildman–Crippen LogP) is 1.94. The van der Waals surface area contributed by atoms with Crippen molar-refractivity contribution in [3.05, 3.63) is 11.7 Å². The van der Waals surface area contributed by atoms with Crippen molar-refractivity contribution in [2.24, 2.45) is 5.41 Å². The van der Waals surface area contributed by atoms with Gasteiger partial charge in [-0.3, -0.25) is 4.90 Å². The molecule has 1 N–H and O–H groups in total. The highest BCUT2D eigenvalue weighted by atomic mass is 16.5. The predicted molar refractivity (Wildman–Crippen MR) is 72.9 cm³/mol. The number of piperazine rings is 1. The average Bonchev–Trinajstić information content (AvgIpc) is 2.85. The van der Waals surface area contributed by atoms with E-state index in [1.807, 2.05) is 0 Å². The second-order valence-corrected chi connectivity index (χ2v) is 6.45. The van der Waals surface area contributed by atoms with Crippen molar-refractivity contribution in [2.45, 2.75) is 45.6 Å². The maximum Gasteiger partial charge on any atom is 0.230 e. The molecule has 1 aliphatic heterocycles. The van der Waals surface area contributed by atoms with E-state index in [-0.39, 0.29) is 0 Å². The van der Waals surface area contributed by atoms with Crippen molar-refractivity contribution in [1.82, 2.24) is 20.4 Å². The molecule has 2 atom stereocenters. The molecule has 2 heterocycles. The second kappa shape index (κ2) is 4.87. The van der Waals surface area contributed by atoms with Gasteiger partial charge < -0.3 is 9.84 Å². The molecular formula is C14H24N4O. The Bertz CT molecular complexity index is 436. The van der Waals surface area contributed by atoms with Gasteiger partial charge in [0.05, 0.1) is 6.04 Å². The zero-order valence-corrected chi connectivity index (χ0v) is 12.1. The number of hydrogen-bond acceptors (Lipinski definition) is 5. The van der Waals surface area contributed by atoms with Crippen LogP contribution in [0.2, 0.25) is 0 Å². The molecule has 0 spiro atoms. The molecule has 0 bridgehead atoms. The number of hydrogen-bond donors (Lipinski definition) is 1. The van der Waals surface area contributed by atoms with Gasteiger partial charge in [0.1, 0.15) is 0 Å². The fourth-order valence-electron chi connectivity index (χ4n) is 3.01. The molecule has 3 rings (SSSR count). The molecular weight excluding hydrogens is 240 g/mol. The van der Waals surface area contributed by atoms with Gasteiger partial charge in [0.15, 0.2) is 5.82 Å². The van der Waals surface area contributed by atoms with Crippen LogP contribution in [0.4, 0.5) is 0 Å². The Balaban J connectivity index is 1.73. The Hall–Kier alpha value is -0.940. The summed E-state index contributed by atoms with van der Waals surface area (Å²) >= 11 is 0. The monoisotopic (exact) mass is 264 g/mol. The van der Waals surface area contributed by atoms with Crippen molar-refractivity contribution >= 4 is 0 Å². The first kappa shape index (κ1) is 13.1. The lowest BCUT2D eigenvalue weighted by atomic mass is 10.1. The van der Waals surface area contributed by atoms with Gasteiger partial charge in [0, 0.05) is 32.1 Å². The number of aromatic nitrogens is 2. The fraction of sp³-hybridized carbons (Fsp3) is 0.857. The number of rotatable bonds is 4. The molecule has 1 aromatic rings. The maximum absolute atomic E-state index is 5.49. The minimum atomic E-state index is 0.307. The third kappa shape index (κ3) is 2.54. The zero-order valence-electron chi connectivity index (χ0n) is 12.1. The van der Waals surface area contributed by atoms with E-state index in [2.05, 4.69) is 41.1 Å². The van der Waals surface area contributed by atoms with Crippen molar-refractivity contribution < 1.29 is 4.52 Å². The van der Waals surface area contributed by atoms with Crippen LogP contribution in [-0.4, -0.2) is 41.2 Å². The van der Waals surface area contributed by atoms with Gasteiger partial charge in [-0.05, 0) is 18.3 Å². The molecule has 1 aromatic heterocycles. The highest BCUT2D eigenvalue weighted by molar-refractivity contribution is 5.13. The highest BCUT2D eigenvalue weighted by Crippen LogP contribution is 2.58. The Morgan fingerprint density at radius 3 is 2.68 bits per heavy atom. The standard InChI is InChI=1S/C14H24N4O/c1-4-11(18-7-5-15-6-8-18)12-16-13(19-17-12)10-9-14(10,2)3/h10-11,15H,4-9H2,1-3H3. The van der Waals surface area contributed by atoms with Crippen LogP contribution in [0.5, 0.6) is 0 Å². The first-order valence-electron chi connectivity index (χ1n) is 7.40. The molecule has 5 nitrogen and oxygen atoms in total. The third-order valence-corrected chi connectivity index (χ3v) is 4.55. The van der Waals surface area contributed by atoms with Gasteiger partial charge in [-0.1, -0.05) is 25.9 Å². The Morgan fingerprint density at radius 1 is 1.42 bits per heavy atom. The van der Waals surface area contributed by atoms with Crippen LogP contribution >= 0.6 is 0 Å². The SMILES string of the molecule is CCC(c1noc(C2CC2(C)C)n1)N1CCNCC1. The van der Waals surface area contributed by atoms with Crippen molar-refractivity contribution in [2.75, 3.05) is 26.2 Å². The van der Waals surface area contributed by atoms with Crippen LogP contribution in [0.25, 0.3) is 0 Å². The van der Waals surface area contributed by atoms with E-state index in [0.717, 1.165) is 44.3 Å². The van der Waals surface area contributed by atoms with Crippen LogP contribution in [0.3, 0.4) is 0 Å². The van der Waals surface area contributed by atoms with Gasteiger partial charge in [-0.2, -0.15) is 4.98 Å². The summed E-state index contributed by atoms with van der Waals surface area (Å²) in [6, 6.07) is 0.307. The van der Waals surface area contributed by atoms with E-state index in [0.29, 0.717) is 17.4 Å². The number of nitrogens with one attached hydrogen (secondary N) is 1. The molecule has 1 aliphatic carbocycles. The van der Waals surface area contributed by atoms with Crippen molar-refractivity contribution in [3.8, 4) is 0 Å². The van der Waals surface area contributed by atoms with E-state index in [4.69, 9.17) is 4.52 Å². The summed E-state index contributed by atoms with van der Waals surface area (Å²) in [5, 5.41) is 7.62. The summed E-state index contributed by atoms with van der Waals surface area (Å²) in [5.74, 6) is 2.19. The smallest absolute Gasteiger partial charge is 0.230 e. The molecule has 0 radical (unpaired) electrons. The zero-order chi connectivity index (χ0) is 13.5. The van der Waals surface area contributed by atoms with Crippen molar-refractivity contribution in [3.63, 3.8) is 0 Å². The Kier molecular flexibility index (Phi) is 3.35. The Labute approximate surface area is 114 Å². The average molecular weight is 264 g/mol. The molecule has 1 saturated carbocycles. The molecule has 0 amide bonds. The lowest BCUT2D eigenvalue weighted by Crippen LogP contribution is -2.45. The molecule has 106 valence electrons. The van der Waals surface area contributed by atoms with Gasteiger partial charge in [-0.15, -0.1) is 0 Å². The molecule has 5 heteroatoms. The highest BCUT2D eigenvalue weighted by Gasteiger charge is 2.50. The van der Waals surface area contributed by atoms with Crippen LogP contribution < -0.4 is 5.32 Å². The molecule has 2 fully saturated rings. The fourth-order valence-corrected chi connectivity index (χ4v) is 3.01. The normalized spacial score (nSPS) is 28.3. The van der Waals surface area contributed by atoms with Gasteiger partial charge in [-0.25, -0.2) is 0 Å². The van der Waals surface area contributed by atoms with E-state index in [9.17, 15) is 0 Å². The Morgan fingerprint density at radius 2 is 2.11 bits per heavy atom. The summed E-state index contributed by atoms with van der Waals surface area (Å²) in [6.07, 6.45) is 2.20. The second-order valence-electron chi connectivity index (χ2n) is 6.45.